The summed E-state index contributed by atoms with van der Waals surface area (Å²) in [7, 11) is 2.87. The van der Waals surface area contributed by atoms with Crippen LogP contribution in [0.15, 0.2) is 72.8 Å². The van der Waals surface area contributed by atoms with Gasteiger partial charge in [-0.1, -0.05) is 36.4 Å². The molecule has 0 aliphatic carbocycles. The van der Waals surface area contributed by atoms with Crippen LogP contribution in [0, 0.1) is 0 Å². The number of ether oxygens (including phenoxy) is 1. The smallest absolute Gasteiger partial charge is 0.416 e. The van der Waals surface area contributed by atoms with Crippen LogP contribution in [0.4, 0.5) is 30.2 Å². The number of para-hydroxylation sites is 2. The lowest BCUT2D eigenvalue weighted by molar-refractivity contribution is -0.137. The van der Waals surface area contributed by atoms with Crippen molar-refractivity contribution in [3.63, 3.8) is 0 Å². The number of anilines is 3. The lowest BCUT2D eigenvalue weighted by Crippen LogP contribution is -2.37. The molecule has 0 fully saturated rings. The standard InChI is InChI=1S/C24H19F3N2O3/c1-28-18-13-12-15(24(25,26)27)14-19(18)29(16-8-4-3-5-9-16)23(31)21(22(28)30)17-10-6-7-11-20(17)32-2/h3-14,21H,1-2H3. The molecule has 4 rings (SSSR count). The zero-order valence-electron chi connectivity index (χ0n) is 17.3. The molecule has 0 N–H and O–H groups in total. The van der Waals surface area contributed by atoms with Gasteiger partial charge in [0.05, 0.1) is 24.0 Å². The van der Waals surface area contributed by atoms with Crippen molar-refractivity contribution in [2.75, 3.05) is 24.0 Å². The zero-order valence-corrected chi connectivity index (χ0v) is 17.3. The number of nitrogens with zero attached hydrogens (tertiary/aromatic N) is 2. The summed E-state index contributed by atoms with van der Waals surface area (Å²) in [4.78, 5) is 29.7. The fourth-order valence-electron chi connectivity index (χ4n) is 3.84. The minimum atomic E-state index is -4.61. The quantitative estimate of drug-likeness (QED) is 0.530. The summed E-state index contributed by atoms with van der Waals surface area (Å²) >= 11 is 0. The molecule has 3 aromatic rings. The molecule has 0 bridgehead atoms. The van der Waals surface area contributed by atoms with Crippen molar-refractivity contribution in [2.24, 2.45) is 0 Å². The van der Waals surface area contributed by atoms with E-state index in [1.807, 2.05) is 0 Å². The predicted octanol–water partition coefficient (Wildman–Crippen LogP) is 5.14. The summed E-state index contributed by atoms with van der Waals surface area (Å²) in [5, 5.41) is 0. The monoisotopic (exact) mass is 440 g/mol. The first kappa shape index (κ1) is 21.4. The lowest BCUT2D eigenvalue weighted by atomic mass is 9.95. The number of fused-ring (bicyclic) bond motifs is 1. The molecule has 1 atom stereocenters. The third kappa shape index (κ3) is 3.57. The normalized spacial score (nSPS) is 16.6. The van der Waals surface area contributed by atoms with Gasteiger partial charge < -0.3 is 9.64 Å². The van der Waals surface area contributed by atoms with E-state index in [9.17, 15) is 22.8 Å². The maximum atomic E-state index is 13.8. The van der Waals surface area contributed by atoms with Crippen LogP contribution in [0.5, 0.6) is 5.75 Å². The van der Waals surface area contributed by atoms with E-state index < -0.39 is 29.5 Å². The zero-order chi connectivity index (χ0) is 23.0. The Labute approximate surface area is 182 Å². The Morgan fingerprint density at radius 1 is 0.844 bits per heavy atom. The summed E-state index contributed by atoms with van der Waals surface area (Å²) in [6, 6.07) is 17.9. The summed E-state index contributed by atoms with van der Waals surface area (Å²) in [6.45, 7) is 0. The van der Waals surface area contributed by atoms with Gasteiger partial charge in [0.15, 0.2) is 0 Å². The van der Waals surface area contributed by atoms with Crippen LogP contribution in [-0.4, -0.2) is 26.0 Å². The highest BCUT2D eigenvalue weighted by atomic mass is 19.4. The Bertz CT molecular complexity index is 1180. The Balaban J connectivity index is 1.99. The van der Waals surface area contributed by atoms with Crippen molar-refractivity contribution in [2.45, 2.75) is 12.1 Å². The Morgan fingerprint density at radius 2 is 1.50 bits per heavy atom. The second kappa shape index (κ2) is 8.03. The number of rotatable bonds is 3. The number of methoxy groups -OCH3 is 1. The summed E-state index contributed by atoms with van der Waals surface area (Å²) in [6.07, 6.45) is -4.61. The first-order valence-corrected chi connectivity index (χ1v) is 9.74. The van der Waals surface area contributed by atoms with E-state index in [2.05, 4.69) is 0 Å². The first-order chi connectivity index (χ1) is 15.2. The molecule has 5 nitrogen and oxygen atoms in total. The maximum Gasteiger partial charge on any atom is 0.416 e. The largest absolute Gasteiger partial charge is 0.496 e. The molecular formula is C24H19F3N2O3. The minimum Gasteiger partial charge on any atom is -0.496 e. The van der Waals surface area contributed by atoms with Crippen LogP contribution in [0.25, 0.3) is 0 Å². The molecule has 8 heteroatoms. The number of carbonyl (C=O) groups excluding carboxylic acids is 2. The van der Waals surface area contributed by atoms with E-state index in [0.717, 1.165) is 12.1 Å². The molecule has 1 aliphatic rings. The number of carbonyl (C=O) groups is 2. The van der Waals surface area contributed by atoms with E-state index in [-0.39, 0.29) is 11.4 Å². The number of alkyl halides is 3. The number of halogens is 3. The van der Waals surface area contributed by atoms with Gasteiger partial charge in [-0.05, 0) is 36.4 Å². The topological polar surface area (TPSA) is 49.9 Å². The molecule has 32 heavy (non-hydrogen) atoms. The minimum absolute atomic E-state index is 0.0238. The second-order valence-corrected chi connectivity index (χ2v) is 7.28. The molecule has 164 valence electrons. The van der Waals surface area contributed by atoms with E-state index in [1.165, 1.54) is 30.0 Å². The number of hydrogen-bond acceptors (Lipinski definition) is 3. The fraction of sp³-hybridized carbons (Fsp3) is 0.167. The van der Waals surface area contributed by atoms with Crippen molar-refractivity contribution in [1.29, 1.82) is 0 Å². The molecule has 1 aliphatic heterocycles. The maximum absolute atomic E-state index is 13.8. The third-order valence-corrected chi connectivity index (χ3v) is 5.41. The highest BCUT2D eigenvalue weighted by molar-refractivity contribution is 6.23. The van der Waals surface area contributed by atoms with E-state index >= 15 is 0 Å². The van der Waals surface area contributed by atoms with Crippen LogP contribution in [0.3, 0.4) is 0 Å². The van der Waals surface area contributed by atoms with E-state index in [0.29, 0.717) is 17.0 Å². The molecule has 0 spiro atoms. The van der Waals surface area contributed by atoms with Gasteiger partial charge in [-0.15, -0.1) is 0 Å². The molecule has 0 aromatic heterocycles. The third-order valence-electron chi connectivity index (χ3n) is 5.41. The van der Waals surface area contributed by atoms with Gasteiger partial charge in [-0.3, -0.25) is 14.5 Å². The van der Waals surface area contributed by atoms with Crippen molar-refractivity contribution < 1.29 is 27.5 Å². The number of benzene rings is 3. The second-order valence-electron chi connectivity index (χ2n) is 7.28. The van der Waals surface area contributed by atoms with Crippen molar-refractivity contribution in [1.82, 2.24) is 0 Å². The van der Waals surface area contributed by atoms with Gasteiger partial charge in [0, 0.05) is 18.3 Å². The van der Waals surface area contributed by atoms with Gasteiger partial charge >= 0.3 is 6.18 Å². The molecule has 3 aromatic carbocycles. The average molecular weight is 440 g/mol. The first-order valence-electron chi connectivity index (χ1n) is 9.74. The van der Waals surface area contributed by atoms with Gasteiger partial charge in [0.25, 0.3) is 0 Å². The molecule has 0 saturated carbocycles. The number of likely N-dealkylation sites (N-methyl/N-ethyl adjacent to an activating group) is 1. The van der Waals surface area contributed by atoms with E-state index in [1.54, 1.807) is 54.6 Å². The Morgan fingerprint density at radius 3 is 2.16 bits per heavy atom. The summed E-state index contributed by atoms with van der Waals surface area (Å²) in [5.41, 5.74) is -0.0637. The fourth-order valence-corrected chi connectivity index (χ4v) is 3.84. The highest BCUT2D eigenvalue weighted by Gasteiger charge is 2.43. The summed E-state index contributed by atoms with van der Waals surface area (Å²) in [5.74, 6) is -2.21. The predicted molar refractivity (Wildman–Crippen MR) is 114 cm³/mol. The van der Waals surface area contributed by atoms with Gasteiger partial charge in [0.2, 0.25) is 11.8 Å². The van der Waals surface area contributed by atoms with Crippen LogP contribution in [0.2, 0.25) is 0 Å². The van der Waals surface area contributed by atoms with Gasteiger partial charge in [-0.2, -0.15) is 13.2 Å². The van der Waals surface area contributed by atoms with Crippen LogP contribution in [0.1, 0.15) is 17.0 Å². The molecule has 1 unspecified atom stereocenters. The molecular weight excluding hydrogens is 421 g/mol. The van der Waals surface area contributed by atoms with Crippen molar-refractivity contribution in [3.05, 3.63) is 83.9 Å². The van der Waals surface area contributed by atoms with Gasteiger partial charge in [-0.25, -0.2) is 0 Å². The van der Waals surface area contributed by atoms with Crippen LogP contribution in [-0.2, 0) is 15.8 Å². The lowest BCUT2D eigenvalue weighted by Gasteiger charge is -2.26. The van der Waals surface area contributed by atoms with Crippen molar-refractivity contribution in [3.8, 4) is 5.75 Å². The Hall–Kier alpha value is -3.81. The summed E-state index contributed by atoms with van der Waals surface area (Å²) < 4.78 is 45.9. The van der Waals surface area contributed by atoms with E-state index in [4.69, 9.17) is 4.74 Å². The number of amides is 2. The highest BCUT2D eigenvalue weighted by Crippen LogP contribution is 2.44. The SMILES string of the molecule is COc1ccccc1C1C(=O)N(C)c2ccc(C(F)(F)F)cc2N(c2ccccc2)C1=O. The molecule has 0 saturated heterocycles. The molecule has 2 amide bonds. The number of hydrogen-bond donors (Lipinski definition) is 0. The molecule has 1 heterocycles. The van der Waals surface area contributed by atoms with Crippen molar-refractivity contribution >= 4 is 28.9 Å². The Kier molecular flexibility index (Phi) is 5.38. The van der Waals surface area contributed by atoms with Crippen LogP contribution >= 0.6 is 0 Å². The average Bonchev–Trinajstić information content (AvgIpc) is 2.86. The van der Waals surface area contributed by atoms with Crippen LogP contribution < -0.4 is 14.5 Å². The van der Waals surface area contributed by atoms with Gasteiger partial charge in [0.1, 0.15) is 11.7 Å². The molecule has 0 radical (unpaired) electrons.